The Morgan fingerprint density at radius 1 is 1.46 bits per heavy atom. The lowest BCUT2D eigenvalue weighted by molar-refractivity contribution is 0.0654. The Hall–Kier alpha value is -2.62. The van der Waals surface area contributed by atoms with Crippen molar-refractivity contribution in [3.05, 3.63) is 29.8 Å². The van der Waals surface area contributed by atoms with Crippen LogP contribution in [0.25, 0.3) is 0 Å². The molecular weight excluding hydrogens is 304 g/mol. The number of hydrogen-bond acceptors (Lipinski definition) is 7. The number of nitrogens with one attached hydrogen (secondary N) is 2. The van der Waals surface area contributed by atoms with E-state index < -0.39 is 0 Å². The normalized spacial score (nSPS) is 21.6. The maximum atomic E-state index is 9.29. The minimum absolute atomic E-state index is 0.193. The van der Waals surface area contributed by atoms with E-state index in [0.717, 1.165) is 18.5 Å². The summed E-state index contributed by atoms with van der Waals surface area (Å²) < 4.78 is 4.80. The van der Waals surface area contributed by atoms with Crippen molar-refractivity contribution in [3.63, 3.8) is 0 Å². The molecule has 24 heavy (non-hydrogen) atoms. The zero-order valence-corrected chi connectivity index (χ0v) is 14.2. The van der Waals surface area contributed by atoms with Crippen LogP contribution in [0.4, 0.5) is 11.8 Å². The maximum Gasteiger partial charge on any atom is 0.224 e. The molecule has 7 heteroatoms. The number of anilines is 2. The second kappa shape index (κ2) is 6.48. The van der Waals surface area contributed by atoms with Crippen LogP contribution in [0.1, 0.15) is 38.4 Å². The monoisotopic (exact) mass is 326 g/mol. The summed E-state index contributed by atoms with van der Waals surface area (Å²) in [7, 11) is 0. The molecule has 2 heterocycles. The lowest BCUT2D eigenvalue weighted by Gasteiger charge is -2.51. The summed E-state index contributed by atoms with van der Waals surface area (Å²) in [6.45, 7) is 7.37. The Kier molecular flexibility index (Phi) is 4.38. The van der Waals surface area contributed by atoms with Crippen LogP contribution in [0.5, 0.6) is 0 Å². The molecule has 7 nitrogen and oxygen atoms in total. The van der Waals surface area contributed by atoms with Crippen LogP contribution >= 0.6 is 0 Å². The van der Waals surface area contributed by atoms with Gasteiger partial charge in [0.15, 0.2) is 0 Å². The summed E-state index contributed by atoms with van der Waals surface area (Å²) in [6, 6.07) is 4.30. The fourth-order valence-electron chi connectivity index (χ4n) is 2.88. The largest absolute Gasteiger partial charge is 0.366 e. The molecule has 2 aromatic heterocycles. The highest BCUT2D eigenvalue weighted by atomic mass is 16.5. The van der Waals surface area contributed by atoms with Gasteiger partial charge in [0.25, 0.3) is 0 Å². The van der Waals surface area contributed by atoms with E-state index in [1.165, 1.54) is 0 Å². The molecule has 3 rings (SSSR count). The molecule has 0 aromatic carbocycles. The van der Waals surface area contributed by atoms with Gasteiger partial charge in [0.1, 0.15) is 23.7 Å². The van der Waals surface area contributed by atoms with E-state index in [4.69, 9.17) is 4.52 Å². The molecule has 0 aliphatic heterocycles. The number of hydrogen-bond donors (Lipinski definition) is 2. The van der Waals surface area contributed by atoms with Crippen molar-refractivity contribution in [2.24, 2.45) is 11.3 Å². The van der Waals surface area contributed by atoms with Gasteiger partial charge >= 0.3 is 0 Å². The first kappa shape index (κ1) is 16.2. The number of nitrogens with zero attached hydrogens (tertiary/aromatic N) is 4. The molecule has 1 aliphatic rings. The lowest BCUT2D eigenvalue weighted by Crippen LogP contribution is -2.52. The van der Waals surface area contributed by atoms with Gasteiger partial charge in [-0.1, -0.05) is 25.9 Å². The highest BCUT2D eigenvalue weighted by molar-refractivity contribution is 5.54. The molecule has 0 amide bonds. The molecule has 0 unspecified atom stereocenters. The topological polar surface area (TPSA) is 99.7 Å². The SMILES string of the molecule is C[C@H]1C[C@@H](Nc2nc(NCCc3ccon3)ncc2C#N)C1(C)C. The van der Waals surface area contributed by atoms with Gasteiger partial charge in [-0.15, -0.1) is 0 Å². The number of rotatable bonds is 6. The molecule has 0 spiro atoms. The van der Waals surface area contributed by atoms with E-state index in [2.05, 4.69) is 52.6 Å². The summed E-state index contributed by atoms with van der Waals surface area (Å²) in [4.78, 5) is 8.68. The van der Waals surface area contributed by atoms with Crippen molar-refractivity contribution < 1.29 is 4.52 Å². The Morgan fingerprint density at radius 2 is 2.29 bits per heavy atom. The zero-order chi connectivity index (χ0) is 17.2. The molecule has 2 aromatic rings. The van der Waals surface area contributed by atoms with Crippen molar-refractivity contribution in [2.45, 2.75) is 39.7 Å². The van der Waals surface area contributed by atoms with Crippen molar-refractivity contribution in [2.75, 3.05) is 17.2 Å². The molecule has 126 valence electrons. The Balaban J connectivity index is 1.66. The predicted molar refractivity (Wildman–Crippen MR) is 90.4 cm³/mol. The molecule has 0 bridgehead atoms. The summed E-state index contributed by atoms with van der Waals surface area (Å²) in [5.41, 5.74) is 1.53. The first-order valence-corrected chi connectivity index (χ1v) is 8.17. The molecule has 0 saturated heterocycles. The minimum Gasteiger partial charge on any atom is -0.366 e. The molecule has 2 N–H and O–H groups in total. The average molecular weight is 326 g/mol. The Morgan fingerprint density at radius 3 is 2.92 bits per heavy atom. The van der Waals surface area contributed by atoms with E-state index in [0.29, 0.717) is 35.8 Å². The lowest BCUT2D eigenvalue weighted by atomic mass is 9.59. The summed E-state index contributed by atoms with van der Waals surface area (Å²) in [5.74, 6) is 1.76. The highest BCUT2D eigenvalue weighted by Gasteiger charge is 2.45. The van der Waals surface area contributed by atoms with Gasteiger partial charge < -0.3 is 15.2 Å². The van der Waals surface area contributed by atoms with Crippen LogP contribution in [-0.2, 0) is 6.42 Å². The summed E-state index contributed by atoms with van der Waals surface area (Å²) in [6.07, 6.45) is 4.91. The Bertz CT molecular complexity index is 734. The zero-order valence-electron chi connectivity index (χ0n) is 14.2. The molecule has 1 saturated carbocycles. The maximum absolute atomic E-state index is 9.29. The van der Waals surface area contributed by atoms with Crippen LogP contribution < -0.4 is 10.6 Å². The second-order valence-corrected chi connectivity index (χ2v) is 6.89. The van der Waals surface area contributed by atoms with E-state index >= 15 is 0 Å². The third kappa shape index (κ3) is 3.18. The predicted octanol–water partition coefficient (Wildman–Crippen LogP) is 2.84. The molecular formula is C17H22N6O. The molecule has 1 fully saturated rings. The van der Waals surface area contributed by atoms with Crippen LogP contribution in [-0.4, -0.2) is 27.7 Å². The van der Waals surface area contributed by atoms with Crippen LogP contribution in [0.15, 0.2) is 23.0 Å². The van der Waals surface area contributed by atoms with Gasteiger partial charge in [0, 0.05) is 25.1 Å². The first-order valence-electron chi connectivity index (χ1n) is 8.17. The minimum atomic E-state index is 0.193. The van der Waals surface area contributed by atoms with Gasteiger partial charge in [-0.2, -0.15) is 10.2 Å². The smallest absolute Gasteiger partial charge is 0.224 e. The second-order valence-electron chi connectivity index (χ2n) is 6.89. The van der Waals surface area contributed by atoms with E-state index in [1.54, 1.807) is 12.5 Å². The van der Waals surface area contributed by atoms with Crippen molar-refractivity contribution >= 4 is 11.8 Å². The first-order chi connectivity index (χ1) is 11.5. The van der Waals surface area contributed by atoms with Crippen LogP contribution in [0.3, 0.4) is 0 Å². The fraction of sp³-hybridized carbons (Fsp3) is 0.529. The molecule has 0 radical (unpaired) electrons. The van der Waals surface area contributed by atoms with Gasteiger partial charge in [0.2, 0.25) is 5.95 Å². The van der Waals surface area contributed by atoms with Crippen molar-refractivity contribution in [3.8, 4) is 6.07 Å². The van der Waals surface area contributed by atoms with E-state index in [-0.39, 0.29) is 5.41 Å². The summed E-state index contributed by atoms with van der Waals surface area (Å²) in [5, 5.41) is 19.7. The van der Waals surface area contributed by atoms with Gasteiger partial charge in [0.05, 0.1) is 11.9 Å². The van der Waals surface area contributed by atoms with Gasteiger partial charge in [-0.05, 0) is 17.8 Å². The van der Waals surface area contributed by atoms with E-state index in [1.807, 2.05) is 6.07 Å². The van der Waals surface area contributed by atoms with Crippen molar-refractivity contribution in [1.29, 1.82) is 5.26 Å². The third-order valence-electron chi connectivity index (χ3n) is 5.13. The average Bonchev–Trinajstić information content (AvgIpc) is 3.08. The highest BCUT2D eigenvalue weighted by Crippen LogP contribution is 2.47. The molecule has 1 aliphatic carbocycles. The number of aromatic nitrogens is 3. The van der Waals surface area contributed by atoms with Gasteiger partial charge in [-0.3, -0.25) is 0 Å². The van der Waals surface area contributed by atoms with Gasteiger partial charge in [-0.25, -0.2) is 4.98 Å². The van der Waals surface area contributed by atoms with Crippen LogP contribution in [0.2, 0.25) is 0 Å². The third-order valence-corrected chi connectivity index (χ3v) is 5.13. The van der Waals surface area contributed by atoms with Crippen molar-refractivity contribution in [1.82, 2.24) is 15.1 Å². The summed E-state index contributed by atoms with van der Waals surface area (Å²) >= 11 is 0. The standard InChI is InChI=1S/C17H22N6O/c1-11-8-14(17(11,2)3)21-15-12(9-18)10-20-16(22-15)19-6-4-13-5-7-24-23-13/h5,7,10-11,14H,4,6,8H2,1-3H3,(H2,19,20,21,22)/t11-,14+/m0/s1. The Labute approximate surface area is 141 Å². The fourth-order valence-corrected chi connectivity index (χ4v) is 2.88. The van der Waals surface area contributed by atoms with Crippen LogP contribution in [0, 0.1) is 22.7 Å². The quantitative estimate of drug-likeness (QED) is 0.842. The van der Waals surface area contributed by atoms with E-state index in [9.17, 15) is 5.26 Å². The molecule has 2 atom stereocenters. The number of nitriles is 1.